The van der Waals surface area contributed by atoms with E-state index in [1.165, 1.54) is 0 Å². The second-order valence-corrected chi connectivity index (χ2v) is 5.57. The molecule has 1 rings (SSSR count). The van der Waals surface area contributed by atoms with E-state index in [0.29, 0.717) is 0 Å². The van der Waals surface area contributed by atoms with Gasteiger partial charge in [-0.1, -0.05) is 32.4 Å². The molecule has 0 saturated carbocycles. The quantitative estimate of drug-likeness (QED) is 0.882. The van der Waals surface area contributed by atoms with E-state index in [1.54, 1.807) is 7.11 Å². The maximum absolute atomic E-state index is 6.16. The summed E-state index contributed by atoms with van der Waals surface area (Å²) in [5.74, 6) is 0.851. The molecule has 0 heterocycles. The zero-order valence-electron chi connectivity index (χ0n) is 10.4. The molecule has 1 aromatic rings. The SMILES string of the molecule is COc1ccc(Cl)cc1CC(N)C(C)(C)C. The average Bonchev–Trinajstić information content (AvgIpc) is 2.16. The zero-order valence-corrected chi connectivity index (χ0v) is 11.1. The van der Waals surface area contributed by atoms with Crippen molar-refractivity contribution in [2.75, 3.05) is 7.11 Å². The van der Waals surface area contributed by atoms with Crippen molar-refractivity contribution in [3.8, 4) is 5.75 Å². The lowest BCUT2D eigenvalue weighted by Gasteiger charge is -2.27. The molecule has 2 N–H and O–H groups in total. The van der Waals surface area contributed by atoms with Crippen molar-refractivity contribution in [3.63, 3.8) is 0 Å². The number of hydrogen-bond donors (Lipinski definition) is 1. The Morgan fingerprint density at radius 2 is 2.00 bits per heavy atom. The Morgan fingerprint density at radius 1 is 1.38 bits per heavy atom. The highest BCUT2D eigenvalue weighted by Gasteiger charge is 2.22. The summed E-state index contributed by atoms with van der Waals surface area (Å²) >= 11 is 5.98. The van der Waals surface area contributed by atoms with Crippen LogP contribution in [0.3, 0.4) is 0 Å². The highest BCUT2D eigenvalue weighted by atomic mass is 35.5. The Labute approximate surface area is 103 Å². The van der Waals surface area contributed by atoms with Gasteiger partial charge in [-0.05, 0) is 35.6 Å². The summed E-state index contributed by atoms with van der Waals surface area (Å²) in [6, 6.07) is 5.71. The molecule has 1 atom stereocenters. The van der Waals surface area contributed by atoms with Crippen molar-refractivity contribution in [2.24, 2.45) is 11.1 Å². The van der Waals surface area contributed by atoms with Crippen LogP contribution in [-0.2, 0) is 6.42 Å². The Bertz CT molecular complexity index is 357. The fourth-order valence-corrected chi connectivity index (χ4v) is 1.64. The third-order valence-electron chi connectivity index (χ3n) is 2.79. The Balaban J connectivity index is 2.91. The predicted molar refractivity (Wildman–Crippen MR) is 69.1 cm³/mol. The van der Waals surface area contributed by atoms with Crippen LogP contribution in [0.1, 0.15) is 26.3 Å². The summed E-state index contributed by atoms with van der Waals surface area (Å²) in [5.41, 5.74) is 7.30. The first-order valence-corrected chi connectivity index (χ1v) is 5.80. The lowest BCUT2D eigenvalue weighted by atomic mass is 9.83. The van der Waals surface area contributed by atoms with Crippen LogP contribution in [0.5, 0.6) is 5.75 Å². The van der Waals surface area contributed by atoms with Gasteiger partial charge in [0.15, 0.2) is 0 Å². The molecular weight excluding hydrogens is 222 g/mol. The van der Waals surface area contributed by atoms with Crippen molar-refractivity contribution in [3.05, 3.63) is 28.8 Å². The minimum absolute atomic E-state index is 0.0767. The second-order valence-electron chi connectivity index (χ2n) is 5.13. The van der Waals surface area contributed by atoms with Gasteiger partial charge in [0.05, 0.1) is 7.11 Å². The Morgan fingerprint density at radius 3 is 2.50 bits per heavy atom. The minimum atomic E-state index is 0.0767. The first-order valence-electron chi connectivity index (χ1n) is 5.42. The Kier molecular flexibility index (Phi) is 4.22. The summed E-state index contributed by atoms with van der Waals surface area (Å²) in [7, 11) is 1.66. The molecule has 2 nitrogen and oxygen atoms in total. The molecule has 0 aliphatic heterocycles. The smallest absolute Gasteiger partial charge is 0.122 e. The van der Waals surface area contributed by atoms with Gasteiger partial charge in [-0.2, -0.15) is 0 Å². The van der Waals surface area contributed by atoms with Crippen molar-refractivity contribution in [1.82, 2.24) is 0 Å². The molecule has 0 fully saturated rings. The minimum Gasteiger partial charge on any atom is -0.496 e. The zero-order chi connectivity index (χ0) is 12.3. The van der Waals surface area contributed by atoms with E-state index in [0.717, 1.165) is 22.8 Å². The fraction of sp³-hybridized carbons (Fsp3) is 0.538. The first kappa shape index (κ1) is 13.3. The van der Waals surface area contributed by atoms with Gasteiger partial charge in [0.25, 0.3) is 0 Å². The Hall–Kier alpha value is -0.730. The van der Waals surface area contributed by atoms with Crippen LogP contribution in [0.15, 0.2) is 18.2 Å². The van der Waals surface area contributed by atoms with Crippen LogP contribution in [0.25, 0.3) is 0 Å². The summed E-state index contributed by atoms with van der Waals surface area (Å²) in [5, 5.41) is 0.719. The van der Waals surface area contributed by atoms with E-state index in [2.05, 4.69) is 20.8 Å². The van der Waals surface area contributed by atoms with Gasteiger partial charge in [0.2, 0.25) is 0 Å². The molecule has 16 heavy (non-hydrogen) atoms. The number of methoxy groups -OCH3 is 1. The van der Waals surface area contributed by atoms with E-state index < -0.39 is 0 Å². The van der Waals surface area contributed by atoms with Crippen molar-refractivity contribution in [2.45, 2.75) is 33.2 Å². The number of rotatable bonds is 3. The van der Waals surface area contributed by atoms with Crippen LogP contribution in [0.4, 0.5) is 0 Å². The number of benzene rings is 1. The molecule has 0 bridgehead atoms. The third-order valence-corrected chi connectivity index (χ3v) is 3.03. The van der Waals surface area contributed by atoms with Gasteiger partial charge in [-0.3, -0.25) is 0 Å². The van der Waals surface area contributed by atoms with Crippen LogP contribution in [-0.4, -0.2) is 13.2 Å². The van der Waals surface area contributed by atoms with Gasteiger partial charge in [0, 0.05) is 11.1 Å². The van der Waals surface area contributed by atoms with Crippen molar-refractivity contribution < 1.29 is 4.74 Å². The van der Waals surface area contributed by atoms with Crippen LogP contribution in [0, 0.1) is 5.41 Å². The predicted octanol–water partition coefficient (Wildman–Crippen LogP) is 3.26. The fourth-order valence-electron chi connectivity index (χ4n) is 1.45. The highest BCUT2D eigenvalue weighted by molar-refractivity contribution is 6.30. The number of ether oxygens (including phenoxy) is 1. The van der Waals surface area contributed by atoms with Crippen molar-refractivity contribution in [1.29, 1.82) is 0 Å². The molecular formula is C13H20ClNO. The third kappa shape index (κ3) is 3.39. The largest absolute Gasteiger partial charge is 0.496 e. The van der Waals surface area contributed by atoms with Crippen molar-refractivity contribution >= 4 is 11.6 Å². The molecule has 90 valence electrons. The summed E-state index contributed by atoms with van der Waals surface area (Å²) in [6.07, 6.45) is 0.771. The molecule has 0 aromatic heterocycles. The standard InChI is InChI=1S/C13H20ClNO/c1-13(2,3)12(15)8-9-7-10(14)5-6-11(9)16-4/h5-7,12H,8,15H2,1-4H3. The maximum atomic E-state index is 6.16. The molecule has 0 aliphatic rings. The molecule has 0 saturated heterocycles. The summed E-state index contributed by atoms with van der Waals surface area (Å²) in [6.45, 7) is 6.40. The van der Waals surface area contributed by atoms with E-state index in [-0.39, 0.29) is 11.5 Å². The lowest BCUT2D eigenvalue weighted by Crippen LogP contribution is -2.36. The number of nitrogens with two attached hydrogens (primary N) is 1. The van der Waals surface area contributed by atoms with E-state index in [4.69, 9.17) is 22.1 Å². The van der Waals surface area contributed by atoms with E-state index in [9.17, 15) is 0 Å². The number of hydrogen-bond acceptors (Lipinski definition) is 2. The normalized spacial score (nSPS) is 13.6. The highest BCUT2D eigenvalue weighted by Crippen LogP contribution is 2.27. The van der Waals surface area contributed by atoms with E-state index >= 15 is 0 Å². The van der Waals surface area contributed by atoms with E-state index in [1.807, 2.05) is 18.2 Å². The average molecular weight is 242 g/mol. The molecule has 1 aromatic carbocycles. The van der Waals surface area contributed by atoms with Crippen LogP contribution < -0.4 is 10.5 Å². The van der Waals surface area contributed by atoms with Gasteiger partial charge in [0.1, 0.15) is 5.75 Å². The second kappa shape index (κ2) is 5.07. The first-order chi connectivity index (χ1) is 7.34. The molecule has 0 spiro atoms. The molecule has 0 aliphatic carbocycles. The van der Waals surface area contributed by atoms with Gasteiger partial charge >= 0.3 is 0 Å². The maximum Gasteiger partial charge on any atom is 0.122 e. The van der Waals surface area contributed by atoms with Gasteiger partial charge < -0.3 is 10.5 Å². The van der Waals surface area contributed by atoms with Gasteiger partial charge in [-0.15, -0.1) is 0 Å². The van der Waals surface area contributed by atoms with Crippen LogP contribution >= 0.6 is 11.6 Å². The van der Waals surface area contributed by atoms with Gasteiger partial charge in [-0.25, -0.2) is 0 Å². The molecule has 1 unspecified atom stereocenters. The topological polar surface area (TPSA) is 35.2 Å². The number of halogens is 1. The lowest BCUT2D eigenvalue weighted by molar-refractivity contribution is 0.314. The molecule has 0 amide bonds. The molecule has 0 radical (unpaired) electrons. The summed E-state index contributed by atoms with van der Waals surface area (Å²) < 4.78 is 5.30. The monoisotopic (exact) mass is 241 g/mol. The summed E-state index contributed by atoms with van der Waals surface area (Å²) in [4.78, 5) is 0. The molecule has 3 heteroatoms. The van der Waals surface area contributed by atoms with Crippen LogP contribution in [0.2, 0.25) is 5.02 Å².